The molecule has 0 aliphatic rings. The minimum absolute atomic E-state index is 0.0735. The van der Waals surface area contributed by atoms with Crippen LogP contribution in [0.3, 0.4) is 0 Å². The van der Waals surface area contributed by atoms with Crippen molar-refractivity contribution in [3.05, 3.63) is 52.9 Å². The van der Waals surface area contributed by atoms with Gasteiger partial charge in [0.05, 0.1) is 5.56 Å². The lowest BCUT2D eigenvalue weighted by atomic mass is 10.0. The van der Waals surface area contributed by atoms with Gasteiger partial charge in [0.15, 0.2) is 11.5 Å². The van der Waals surface area contributed by atoms with E-state index in [1.165, 1.54) is 30.5 Å². The fraction of sp³-hybridized carbons (Fsp3) is 0. The van der Waals surface area contributed by atoms with Crippen molar-refractivity contribution in [2.24, 2.45) is 0 Å². The maximum atomic E-state index is 12.4. The number of fused-ring (bicyclic) bond motifs is 1. The summed E-state index contributed by atoms with van der Waals surface area (Å²) in [5.74, 6) is -0.802. The molecule has 5 nitrogen and oxygen atoms in total. The Morgan fingerprint density at radius 1 is 0.900 bits per heavy atom. The number of rotatable bonds is 1. The fourth-order valence-corrected chi connectivity index (χ4v) is 2.03. The van der Waals surface area contributed by atoms with Gasteiger partial charge in [-0.1, -0.05) is 12.1 Å². The molecule has 20 heavy (non-hydrogen) atoms. The second-order valence-electron chi connectivity index (χ2n) is 4.33. The largest absolute Gasteiger partial charge is 0.508 e. The van der Waals surface area contributed by atoms with Crippen LogP contribution in [-0.2, 0) is 0 Å². The van der Waals surface area contributed by atoms with Crippen molar-refractivity contribution in [1.29, 1.82) is 0 Å². The highest BCUT2D eigenvalue weighted by Crippen LogP contribution is 2.32. The molecule has 0 atom stereocenters. The lowest BCUT2D eigenvalue weighted by molar-refractivity contribution is 0.407. The minimum Gasteiger partial charge on any atom is -0.508 e. The first kappa shape index (κ1) is 12.1. The zero-order valence-electron chi connectivity index (χ0n) is 10.2. The molecule has 3 aromatic rings. The summed E-state index contributed by atoms with van der Waals surface area (Å²) in [4.78, 5) is 12.4. The summed E-state index contributed by atoms with van der Waals surface area (Å²) in [5.41, 5.74) is 0.512. The molecule has 0 amide bonds. The molecule has 3 N–H and O–H groups in total. The average molecular weight is 270 g/mol. The van der Waals surface area contributed by atoms with Gasteiger partial charge in [-0.15, -0.1) is 0 Å². The molecule has 2 aromatic carbocycles. The van der Waals surface area contributed by atoms with E-state index < -0.39 is 11.2 Å². The maximum absolute atomic E-state index is 12.4. The Morgan fingerprint density at radius 3 is 2.30 bits per heavy atom. The summed E-state index contributed by atoms with van der Waals surface area (Å²) in [6.07, 6.45) is 1.29. The molecular weight excluding hydrogens is 260 g/mol. The van der Waals surface area contributed by atoms with Gasteiger partial charge in [-0.05, 0) is 29.8 Å². The second kappa shape index (κ2) is 4.31. The maximum Gasteiger partial charge on any atom is 0.204 e. The van der Waals surface area contributed by atoms with Crippen molar-refractivity contribution >= 4 is 11.0 Å². The van der Waals surface area contributed by atoms with E-state index in [4.69, 9.17) is 4.42 Å². The van der Waals surface area contributed by atoms with Crippen molar-refractivity contribution < 1.29 is 19.7 Å². The van der Waals surface area contributed by atoms with Gasteiger partial charge in [0.25, 0.3) is 0 Å². The smallest absolute Gasteiger partial charge is 0.204 e. The van der Waals surface area contributed by atoms with Crippen LogP contribution in [0.25, 0.3) is 22.1 Å². The molecule has 0 spiro atoms. The van der Waals surface area contributed by atoms with Crippen molar-refractivity contribution in [2.45, 2.75) is 0 Å². The standard InChI is InChI=1S/C15H10O5/c16-9-3-1-8(2-4-9)10-7-20-12-6-5-11(17)15(19)13(12)14(10)18/h1-7,16-17,19H. The number of aromatic hydroxyl groups is 3. The van der Waals surface area contributed by atoms with E-state index >= 15 is 0 Å². The SMILES string of the molecule is O=c1c(-c2ccc(O)cc2)coc2ccc(O)c(O)c12. The van der Waals surface area contributed by atoms with Crippen LogP contribution in [0.4, 0.5) is 0 Å². The van der Waals surface area contributed by atoms with Crippen molar-refractivity contribution in [3.8, 4) is 28.4 Å². The third kappa shape index (κ3) is 1.76. The van der Waals surface area contributed by atoms with Crippen LogP contribution in [0.2, 0.25) is 0 Å². The monoisotopic (exact) mass is 270 g/mol. The summed E-state index contributed by atoms with van der Waals surface area (Å²) in [5, 5.41) is 28.5. The molecule has 100 valence electrons. The van der Waals surface area contributed by atoms with Crippen LogP contribution in [0, 0.1) is 0 Å². The predicted octanol–water partition coefficient (Wildman–Crippen LogP) is 2.58. The molecule has 0 radical (unpaired) electrons. The lowest BCUT2D eigenvalue weighted by Crippen LogP contribution is -2.04. The molecule has 1 heterocycles. The van der Waals surface area contributed by atoms with Gasteiger partial charge in [0, 0.05) is 0 Å². The van der Waals surface area contributed by atoms with E-state index in [2.05, 4.69) is 0 Å². The molecular formula is C15H10O5. The number of phenolic OH excluding ortho intramolecular Hbond substituents is 3. The molecule has 0 bridgehead atoms. The van der Waals surface area contributed by atoms with Crippen LogP contribution in [0.5, 0.6) is 17.2 Å². The third-order valence-electron chi connectivity index (χ3n) is 3.07. The molecule has 0 aliphatic carbocycles. The quantitative estimate of drug-likeness (QED) is 0.591. The highest BCUT2D eigenvalue weighted by atomic mass is 16.3. The normalized spacial score (nSPS) is 10.8. The topological polar surface area (TPSA) is 90.9 Å². The third-order valence-corrected chi connectivity index (χ3v) is 3.07. The first-order valence-corrected chi connectivity index (χ1v) is 5.84. The molecule has 3 rings (SSSR count). The summed E-state index contributed by atoms with van der Waals surface area (Å²) in [6.45, 7) is 0. The number of phenols is 3. The Hall–Kier alpha value is -2.95. The minimum atomic E-state index is -0.503. The van der Waals surface area contributed by atoms with E-state index in [1.54, 1.807) is 12.1 Å². The van der Waals surface area contributed by atoms with Crippen LogP contribution >= 0.6 is 0 Å². The van der Waals surface area contributed by atoms with E-state index in [0.717, 1.165) is 0 Å². The number of benzene rings is 2. The molecule has 0 fully saturated rings. The number of hydrogen-bond donors (Lipinski definition) is 3. The van der Waals surface area contributed by atoms with E-state index in [9.17, 15) is 20.1 Å². The van der Waals surface area contributed by atoms with Gasteiger partial charge >= 0.3 is 0 Å². The summed E-state index contributed by atoms with van der Waals surface area (Å²) in [7, 11) is 0. The number of hydrogen-bond acceptors (Lipinski definition) is 5. The summed E-state index contributed by atoms with van der Waals surface area (Å²) >= 11 is 0. The first-order chi connectivity index (χ1) is 9.58. The molecule has 0 unspecified atom stereocenters. The van der Waals surface area contributed by atoms with E-state index in [1.807, 2.05) is 0 Å². The molecule has 5 heteroatoms. The van der Waals surface area contributed by atoms with Gasteiger partial charge in [-0.2, -0.15) is 0 Å². The highest BCUT2D eigenvalue weighted by molar-refractivity contribution is 5.88. The van der Waals surface area contributed by atoms with Crippen LogP contribution < -0.4 is 5.43 Å². The second-order valence-corrected chi connectivity index (χ2v) is 4.33. The Labute approximate surface area is 113 Å². The Kier molecular flexibility index (Phi) is 2.61. The van der Waals surface area contributed by atoms with Crippen molar-refractivity contribution in [3.63, 3.8) is 0 Å². The zero-order valence-corrected chi connectivity index (χ0v) is 10.2. The first-order valence-electron chi connectivity index (χ1n) is 5.84. The van der Waals surface area contributed by atoms with Gasteiger partial charge in [-0.3, -0.25) is 4.79 Å². The van der Waals surface area contributed by atoms with E-state index in [0.29, 0.717) is 5.56 Å². The van der Waals surface area contributed by atoms with Crippen molar-refractivity contribution in [2.75, 3.05) is 0 Å². The van der Waals surface area contributed by atoms with Gasteiger partial charge < -0.3 is 19.7 Å². The van der Waals surface area contributed by atoms with Gasteiger partial charge in [0.1, 0.15) is 23.0 Å². The summed E-state index contributed by atoms with van der Waals surface area (Å²) < 4.78 is 5.31. The van der Waals surface area contributed by atoms with Crippen LogP contribution in [0.15, 0.2) is 51.9 Å². The van der Waals surface area contributed by atoms with Gasteiger partial charge in [-0.25, -0.2) is 0 Å². The van der Waals surface area contributed by atoms with Crippen LogP contribution in [0.1, 0.15) is 0 Å². The Bertz CT molecular complexity index is 847. The van der Waals surface area contributed by atoms with Crippen LogP contribution in [-0.4, -0.2) is 15.3 Å². The fourth-order valence-electron chi connectivity index (χ4n) is 2.03. The Morgan fingerprint density at radius 2 is 1.60 bits per heavy atom. The molecule has 0 saturated carbocycles. The summed E-state index contributed by atoms with van der Waals surface area (Å²) in [6, 6.07) is 8.68. The van der Waals surface area contributed by atoms with E-state index in [-0.39, 0.29) is 28.0 Å². The molecule has 0 aliphatic heterocycles. The predicted molar refractivity (Wildman–Crippen MR) is 72.9 cm³/mol. The molecule has 1 aromatic heterocycles. The zero-order chi connectivity index (χ0) is 14.3. The lowest BCUT2D eigenvalue weighted by Gasteiger charge is -2.05. The average Bonchev–Trinajstić information content (AvgIpc) is 2.44. The van der Waals surface area contributed by atoms with Gasteiger partial charge in [0.2, 0.25) is 5.43 Å². The highest BCUT2D eigenvalue weighted by Gasteiger charge is 2.14. The van der Waals surface area contributed by atoms with Crippen molar-refractivity contribution in [1.82, 2.24) is 0 Å². The molecule has 0 saturated heterocycles. The Balaban J connectivity index is 2.34.